The Kier molecular flexibility index (Phi) is 5.01. The molecule has 0 fully saturated rings. The van der Waals surface area contributed by atoms with Gasteiger partial charge in [0.2, 0.25) is 6.79 Å². The van der Waals surface area contributed by atoms with E-state index in [4.69, 9.17) is 15.2 Å². The highest BCUT2D eigenvalue weighted by atomic mass is 16.7. The summed E-state index contributed by atoms with van der Waals surface area (Å²) in [5.41, 5.74) is 6.63. The molecular formula is C14H22N2O3. The number of likely N-dealkylation sites (N-methyl/N-ethyl adjacent to an activating group) is 1. The minimum atomic E-state index is -0.341. The van der Waals surface area contributed by atoms with Gasteiger partial charge in [0.05, 0.1) is 6.10 Å². The fraction of sp³-hybridized carbons (Fsp3) is 0.571. The Morgan fingerprint density at radius 1 is 1.37 bits per heavy atom. The van der Waals surface area contributed by atoms with Gasteiger partial charge in [-0.15, -0.1) is 0 Å². The lowest BCUT2D eigenvalue weighted by Crippen LogP contribution is -2.32. The number of nitrogens with two attached hydrogens (primary N) is 1. The van der Waals surface area contributed by atoms with Crippen molar-refractivity contribution in [3.63, 3.8) is 0 Å². The highest BCUT2D eigenvalue weighted by Crippen LogP contribution is 2.32. The maximum Gasteiger partial charge on any atom is 0.231 e. The van der Waals surface area contributed by atoms with Gasteiger partial charge in [0.15, 0.2) is 11.5 Å². The molecule has 2 rings (SSSR count). The van der Waals surface area contributed by atoms with Crippen LogP contribution in [0.3, 0.4) is 0 Å². The van der Waals surface area contributed by atoms with Crippen LogP contribution in [-0.4, -0.2) is 49.6 Å². The zero-order valence-electron chi connectivity index (χ0n) is 11.3. The standard InChI is InChI=1S/C14H22N2O3/c1-16(9-12(17)4-6-15)7-5-11-2-3-13-14(8-11)19-10-18-13/h2-3,8,12,17H,4-7,9-10,15H2,1H3. The van der Waals surface area contributed by atoms with Crippen molar-refractivity contribution in [3.8, 4) is 11.5 Å². The SMILES string of the molecule is CN(CCc1ccc2c(c1)OCO2)CC(O)CCN. The smallest absolute Gasteiger partial charge is 0.231 e. The summed E-state index contributed by atoms with van der Waals surface area (Å²) in [5.74, 6) is 1.64. The molecule has 0 amide bonds. The molecule has 0 spiro atoms. The summed E-state index contributed by atoms with van der Waals surface area (Å²) in [5, 5.41) is 9.69. The molecule has 0 radical (unpaired) electrons. The van der Waals surface area contributed by atoms with Crippen molar-refractivity contribution in [2.45, 2.75) is 18.9 Å². The third-order valence-corrected chi connectivity index (χ3v) is 3.24. The van der Waals surface area contributed by atoms with E-state index in [1.54, 1.807) is 0 Å². The second kappa shape index (κ2) is 6.75. The lowest BCUT2D eigenvalue weighted by Gasteiger charge is -2.20. The fourth-order valence-electron chi connectivity index (χ4n) is 2.15. The van der Waals surface area contributed by atoms with Crippen LogP contribution >= 0.6 is 0 Å². The van der Waals surface area contributed by atoms with Crippen molar-refractivity contribution >= 4 is 0 Å². The molecule has 3 N–H and O–H groups in total. The Labute approximate surface area is 113 Å². The molecule has 1 aromatic carbocycles. The van der Waals surface area contributed by atoms with Gasteiger partial charge in [-0.05, 0) is 44.1 Å². The van der Waals surface area contributed by atoms with Gasteiger partial charge in [-0.2, -0.15) is 0 Å². The molecule has 5 heteroatoms. The molecule has 1 aromatic rings. The van der Waals surface area contributed by atoms with Crippen molar-refractivity contribution in [2.75, 3.05) is 33.5 Å². The predicted octanol–water partition coefficient (Wildman–Crippen LogP) is 0.599. The Morgan fingerprint density at radius 3 is 2.95 bits per heavy atom. The van der Waals surface area contributed by atoms with Gasteiger partial charge >= 0.3 is 0 Å². The Bertz CT molecular complexity index is 412. The number of aliphatic hydroxyl groups excluding tert-OH is 1. The van der Waals surface area contributed by atoms with Crippen LogP contribution in [0.1, 0.15) is 12.0 Å². The molecule has 0 aliphatic carbocycles. The highest BCUT2D eigenvalue weighted by molar-refractivity contribution is 5.44. The van der Waals surface area contributed by atoms with Crippen molar-refractivity contribution in [2.24, 2.45) is 5.73 Å². The number of hydrogen-bond acceptors (Lipinski definition) is 5. The van der Waals surface area contributed by atoms with E-state index in [1.165, 1.54) is 5.56 Å². The first-order chi connectivity index (χ1) is 9.19. The topological polar surface area (TPSA) is 68.0 Å². The van der Waals surface area contributed by atoms with E-state index in [0.717, 1.165) is 24.5 Å². The van der Waals surface area contributed by atoms with Crippen LogP contribution in [-0.2, 0) is 6.42 Å². The van der Waals surface area contributed by atoms with E-state index in [2.05, 4.69) is 11.0 Å². The number of nitrogens with zero attached hydrogens (tertiary/aromatic N) is 1. The lowest BCUT2D eigenvalue weighted by molar-refractivity contribution is 0.120. The molecular weight excluding hydrogens is 244 g/mol. The average molecular weight is 266 g/mol. The Hall–Kier alpha value is -1.30. The van der Waals surface area contributed by atoms with E-state index in [1.807, 2.05) is 19.2 Å². The van der Waals surface area contributed by atoms with Crippen molar-refractivity contribution < 1.29 is 14.6 Å². The maximum atomic E-state index is 9.69. The molecule has 1 aliphatic heterocycles. The number of ether oxygens (including phenoxy) is 2. The maximum absolute atomic E-state index is 9.69. The molecule has 5 nitrogen and oxygen atoms in total. The molecule has 19 heavy (non-hydrogen) atoms. The van der Waals surface area contributed by atoms with Crippen molar-refractivity contribution in [3.05, 3.63) is 23.8 Å². The first kappa shape index (κ1) is 14.1. The zero-order chi connectivity index (χ0) is 13.7. The number of benzene rings is 1. The van der Waals surface area contributed by atoms with Crippen LogP contribution in [0.25, 0.3) is 0 Å². The second-order valence-electron chi connectivity index (χ2n) is 4.93. The lowest BCUT2D eigenvalue weighted by atomic mass is 10.1. The molecule has 1 aliphatic rings. The van der Waals surface area contributed by atoms with Gasteiger partial charge in [0.1, 0.15) is 0 Å². The average Bonchev–Trinajstić information content (AvgIpc) is 2.83. The third kappa shape index (κ3) is 4.09. The minimum Gasteiger partial charge on any atom is -0.454 e. The number of fused-ring (bicyclic) bond motifs is 1. The van der Waals surface area contributed by atoms with Gasteiger partial charge in [0, 0.05) is 13.1 Å². The first-order valence-corrected chi connectivity index (χ1v) is 6.64. The Balaban J connectivity index is 1.78. The molecule has 106 valence electrons. The zero-order valence-corrected chi connectivity index (χ0v) is 11.3. The molecule has 0 saturated heterocycles. The normalized spacial score (nSPS) is 14.9. The highest BCUT2D eigenvalue weighted by Gasteiger charge is 2.13. The second-order valence-corrected chi connectivity index (χ2v) is 4.93. The fourth-order valence-corrected chi connectivity index (χ4v) is 2.15. The van der Waals surface area contributed by atoms with Crippen LogP contribution < -0.4 is 15.2 Å². The van der Waals surface area contributed by atoms with Gasteiger partial charge in [-0.3, -0.25) is 0 Å². The molecule has 0 bridgehead atoms. The third-order valence-electron chi connectivity index (χ3n) is 3.24. The summed E-state index contributed by atoms with van der Waals surface area (Å²) >= 11 is 0. The first-order valence-electron chi connectivity index (χ1n) is 6.64. The quantitative estimate of drug-likeness (QED) is 0.756. The molecule has 0 saturated carbocycles. The van der Waals surface area contributed by atoms with Crippen LogP contribution in [0.2, 0.25) is 0 Å². The van der Waals surface area contributed by atoms with Crippen LogP contribution in [0, 0.1) is 0 Å². The van der Waals surface area contributed by atoms with Crippen molar-refractivity contribution in [1.82, 2.24) is 4.90 Å². The van der Waals surface area contributed by atoms with Gasteiger partial charge in [-0.25, -0.2) is 0 Å². The summed E-state index contributed by atoms with van der Waals surface area (Å²) in [7, 11) is 2.01. The van der Waals surface area contributed by atoms with Crippen molar-refractivity contribution in [1.29, 1.82) is 0 Å². The molecule has 0 aromatic heterocycles. The summed E-state index contributed by atoms with van der Waals surface area (Å²) in [6.07, 6.45) is 1.23. The summed E-state index contributed by atoms with van der Waals surface area (Å²) in [4.78, 5) is 2.12. The van der Waals surface area contributed by atoms with E-state index in [-0.39, 0.29) is 6.10 Å². The van der Waals surface area contributed by atoms with Gasteiger partial charge in [-0.1, -0.05) is 6.07 Å². The van der Waals surface area contributed by atoms with E-state index in [0.29, 0.717) is 26.3 Å². The van der Waals surface area contributed by atoms with Crippen LogP contribution in [0.4, 0.5) is 0 Å². The summed E-state index contributed by atoms with van der Waals surface area (Å²) in [6, 6.07) is 6.02. The number of hydrogen-bond donors (Lipinski definition) is 2. The molecule has 1 heterocycles. The van der Waals surface area contributed by atoms with Gasteiger partial charge in [0.25, 0.3) is 0 Å². The van der Waals surface area contributed by atoms with E-state index >= 15 is 0 Å². The minimum absolute atomic E-state index is 0.309. The molecule has 1 atom stereocenters. The number of aliphatic hydroxyl groups is 1. The number of rotatable bonds is 7. The Morgan fingerprint density at radius 2 is 2.16 bits per heavy atom. The largest absolute Gasteiger partial charge is 0.454 e. The monoisotopic (exact) mass is 266 g/mol. The summed E-state index contributed by atoms with van der Waals surface area (Å²) in [6.45, 7) is 2.38. The van der Waals surface area contributed by atoms with Crippen LogP contribution in [0.15, 0.2) is 18.2 Å². The molecule has 1 unspecified atom stereocenters. The summed E-state index contributed by atoms with van der Waals surface area (Å²) < 4.78 is 10.6. The van der Waals surface area contributed by atoms with Crippen LogP contribution in [0.5, 0.6) is 11.5 Å². The van der Waals surface area contributed by atoms with E-state index < -0.39 is 0 Å². The van der Waals surface area contributed by atoms with Gasteiger partial charge < -0.3 is 25.2 Å². The van der Waals surface area contributed by atoms with E-state index in [9.17, 15) is 5.11 Å². The predicted molar refractivity (Wildman–Crippen MR) is 73.4 cm³/mol.